The summed E-state index contributed by atoms with van der Waals surface area (Å²) < 4.78 is 1.07. The largest absolute Gasteiger partial charge is 0.289 e. The van der Waals surface area contributed by atoms with Crippen LogP contribution in [0.15, 0.2) is 34.4 Å². The van der Waals surface area contributed by atoms with E-state index >= 15 is 0 Å². The van der Waals surface area contributed by atoms with Crippen LogP contribution in [0.3, 0.4) is 0 Å². The Morgan fingerprint density at radius 3 is 2.92 bits per heavy atom. The third-order valence-electron chi connectivity index (χ3n) is 2.13. The van der Waals surface area contributed by atoms with Crippen LogP contribution in [0.2, 0.25) is 0 Å². The zero-order chi connectivity index (χ0) is 9.26. The first-order valence-electron chi connectivity index (χ1n) is 4.31. The lowest BCUT2D eigenvalue weighted by molar-refractivity contribution is 1.15. The van der Waals surface area contributed by atoms with Crippen LogP contribution >= 0.6 is 11.3 Å². The maximum Gasteiger partial charge on any atom is 0.188 e. The molecule has 2 heteroatoms. The predicted molar refractivity (Wildman–Crippen MR) is 57.5 cm³/mol. The van der Waals surface area contributed by atoms with Crippen molar-refractivity contribution in [1.29, 1.82) is 0 Å². The van der Waals surface area contributed by atoms with Crippen molar-refractivity contribution in [1.82, 2.24) is 0 Å². The van der Waals surface area contributed by atoms with Crippen molar-refractivity contribution in [3.05, 3.63) is 45.4 Å². The summed E-state index contributed by atoms with van der Waals surface area (Å²) >= 11 is 1.61. The quantitative estimate of drug-likeness (QED) is 0.675. The molecular formula is C11H10OS. The first-order chi connectivity index (χ1) is 6.31. The SMILES string of the molecule is CCc1ccc2sccc(=O)c2c1. The second kappa shape index (κ2) is 3.30. The van der Waals surface area contributed by atoms with E-state index in [1.807, 2.05) is 17.5 Å². The zero-order valence-electron chi connectivity index (χ0n) is 7.41. The van der Waals surface area contributed by atoms with Crippen molar-refractivity contribution in [2.75, 3.05) is 0 Å². The van der Waals surface area contributed by atoms with E-state index in [4.69, 9.17) is 0 Å². The van der Waals surface area contributed by atoms with Crippen LogP contribution in [0, 0.1) is 0 Å². The van der Waals surface area contributed by atoms with Gasteiger partial charge in [-0.05, 0) is 35.6 Å². The van der Waals surface area contributed by atoms with E-state index in [1.54, 1.807) is 17.4 Å². The molecule has 0 atom stereocenters. The normalized spacial score (nSPS) is 10.5. The number of hydrogen-bond acceptors (Lipinski definition) is 2. The molecule has 1 nitrogen and oxygen atoms in total. The molecule has 0 spiro atoms. The van der Waals surface area contributed by atoms with Crippen molar-refractivity contribution in [2.45, 2.75) is 13.3 Å². The molecule has 1 aromatic heterocycles. The molecule has 13 heavy (non-hydrogen) atoms. The van der Waals surface area contributed by atoms with Gasteiger partial charge in [-0.3, -0.25) is 4.79 Å². The zero-order valence-corrected chi connectivity index (χ0v) is 8.23. The Morgan fingerprint density at radius 1 is 1.31 bits per heavy atom. The maximum atomic E-state index is 11.5. The topological polar surface area (TPSA) is 17.1 Å². The first kappa shape index (κ1) is 8.45. The van der Waals surface area contributed by atoms with Gasteiger partial charge in [-0.25, -0.2) is 0 Å². The summed E-state index contributed by atoms with van der Waals surface area (Å²) in [4.78, 5) is 11.5. The summed E-state index contributed by atoms with van der Waals surface area (Å²) in [6.07, 6.45) is 0.981. The number of hydrogen-bond donors (Lipinski definition) is 0. The highest BCUT2D eigenvalue weighted by molar-refractivity contribution is 7.16. The molecule has 0 radical (unpaired) electrons. The van der Waals surface area contributed by atoms with Crippen molar-refractivity contribution in [3.8, 4) is 0 Å². The molecule has 0 saturated heterocycles. The Labute approximate surface area is 80.7 Å². The number of rotatable bonds is 1. The molecule has 0 aliphatic heterocycles. The minimum atomic E-state index is 0.129. The van der Waals surface area contributed by atoms with Gasteiger partial charge in [0.15, 0.2) is 5.43 Å². The van der Waals surface area contributed by atoms with Crippen LogP contribution in [-0.4, -0.2) is 0 Å². The number of benzene rings is 1. The molecule has 1 aromatic carbocycles. The van der Waals surface area contributed by atoms with E-state index in [0.717, 1.165) is 16.5 Å². The summed E-state index contributed by atoms with van der Waals surface area (Å²) in [5, 5.41) is 2.70. The third kappa shape index (κ3) is 1.49. The van der Waals surface area contributed by atoms with Gasteiger partial charge in [-0.2, -0.15) is 0 Å². The van der Waals surface area contributed by atoms with Crippen LogP contribution in [-0.2, 0) is 6.42 Å². The van der Waals surface area contributed by atoms with Gasteiger partial charge in [0.05, 0.1) is 0 Å². The molecule has 66 valence electrons. The third-order valence-corrected chi connectivity index (χ3v) is 3.01. The fourth-order valence-electron chi connectivity index (χ4n) is 1.35. The van der Waals surface area contributed by atoms with Gasteiger partial charge in [-0.15, -0.1) is 11.3 Å². The molecule has 0 saturated carbocycles. The minimum Gasteiger partial charge on any atom is -0.289 e. The van der Waals surface area contributed by atoms with Gasteiger partial charge in [0, 0.05) is 10.1 Å². The van der Waals surface area contributed by atoms with Crippen LogP contribution in [0.4, 0.5) is 0 Å². The van der Waals surface area contributed by atoms with Crippen molar-refractivity contribution >= 4 is 21.4 Å². The van der Waals surface area contributed by atoms with Crippen LogP contribution < -0.4 is 5.43 Å². The predicted octanol–water partition coefficient (Wildman–Crippen LogP) is 2.82. The van der Waals surface area contributed by atoms with Crippen molar-refractivity contribution in [2.24, 2.45) is 0 Å². The van der Waals surface area contributed by atoms with E-state index < -0.39 is 0 Å². The Hall–Kier alpha value is -1.15. The van der Waals surface area contributed by atoms with E-state index in [9.17, 15) is 4.79 Å². The Balaban J connectivity index is 2.82. The molecule has 0 unspecified atom stereocenters. The lowest BCUT2D eigenvalue weighted by atomic mass is 10.1. The molecule has 0 aliphatic rings. The molecule has 2 rings (SSSR count). The van der Waals surface area contributed by atoms with Gasteiger partial charge in [0.1, 0.15) is 0 Å². The average molecular weight is 190 g/mol. The van der Waals surface area contributed by atoms with Crippen LogP contribution in [0.1, 0.15) is 12.5 Å². The molecule has 1 heterocycles. The molecule has 0 bridgehead atoms. The van der Waals surface area contributed by atoms with E-state index in [1.165, 1.54) is 5.56 Å². The maximum absolute atomic E-state index is 11.5. The molecule has 0 amide bonds. The highest BCUT2D eigenvalue weighted by Crippen LogP contribution is 2.16. The molecule has 0 N–H and O–H groups in total. The Bertz CT molecular complexity index is 485. The van der Waals surface area contributed by atoms with Crippen LogP contribution in [0.25, 0.3) is 10.1 Å². The van der Waals surface area contributed by atoms with E-state index in [2.05, 4.69) is 13.0 Å². The first-order valence-corrected chi connectivity index (χ1v) is 5.19. The van der Waals surface area contributed by atoms with Crippen molar-refractivity contribution < 1.29 is 0 Å². The van der Waals surface area contributed by atoms with Gasteiger partial charge >= 0.3 is 0 Å². The average Bonchev–Trinajstić information content (AvgIpc) is 2.18. The minimum absolute atomic E-state index is 0.129. The Morgan fingerprint density at radius 2 is 2.15 bits per heavy atom. The number of fused-ring (bicyclic) bond motifs is 1. The highest BCUT2D eigenvalue weighted by atomic mass is 32.1. The van der Waals surface area contributed by atoms with Gasteiger partial charge in [0.2, 0.25) is 0 Å². The molecular weight excluding hydrogens is 180 g/mol. The summed E-state index contributed by atoms with van der Waals surface area (Å²) in [7, 11) is 0. The van der Waals surface area contributed by atoms with Gasteiger partial charge in [-0.1, -0.05) is 13.0 Å². The second-order valence-corrected chi connectivity index (χ2v) is 3.92. The summed E-state index contributed by atoms with van der Waals surface area (Å²) in [6, 6.07) is 7.74. The highest BCUT2D eigenvalue weighted by Gasteiger charge is 1.98. The number of aryl methyl sites for hydroxylation is 1. The van der Waals surface area contributed by atoms with Crippen LogP contribution in [0.5, 0.6) is 0 Å². The van der Waals surface area contributed by atoms with E-state index in [0.29, 0.717) is 0 Å². The summed E-state index contributed by atoms with van der Waals surface area (Å²) in [6.45, 7) is 2.10. The Kier molecular flexibility index (Phi) is 2.15. The molecule has 0 aliphatic carbocycles. The van der Waals surface area contributed by atoms with Crippen molar-refractivity contribution in [3.63, 3.8) is 0 Å². The fraction of sp³-hybridized carbons (Fsp3) is 0.182. The van der Waals surface area contributed by atoms with Gasteiger partial charge in [0.25, 0.3) is 0 Å². The van der Waals surface area contributed by atoms with Gasteiger partial charge < -0.3 is 0 Å². The molecule has 2 aromatic rings. The monoisotopic (exact) mass is 190 g/mol. The lowest BCUT2D eigenvalue weighted by Crippen LogP contribution is -1.97. The standard InChI is InChI=1S/C11H10OS/c1-2-8-3-4-11-9(7-8)10(12)5-6-13-11/h3-7H,2H2,1H3. The summed E-state index contributed by atoms with van der Waals surface area (Å²) in [5.74, 6) is 0. The smallest absolute Gasteiger partial charge is 0.188 e. The summed E-state index contributed by atoms with van der Waals surface area (Å²) in [5.41, 5.74) is 1.35. The lowest BCUT2D eigenvalue weighted by Gasteiger charge is -1.98. The second-order valence-electron chi connectivity index (χ2n) is 2.97. The fourth-order valence-corrected chi connectivity index (χ4v) is 2.12. The van der Waals surface area contributed by atoms with E-state index in [-0.39, 0.29) is 5.43 Å². The molecule has 0 fully saturated rings.